The number of nitrogens with zero attached hydrogens (tertiary/aromatic N) is 2. The zero-order valence-electron chi connectivity index (χ0n) is 13.7. The first kappa shape index (κ1) is 15.6. The summed E-state index contributed by atoms with van der Waals surface area (Å²) >= 11 is 0. The molecule has 0 aromatic heterocycles. The summed E-state index contributed by atoms with van der Waals surface area (Å²) in [6.45, 7) is 9.61. The number of benzene rings is 1. The highest BCUT2D eigenvalue weighted by molar-refractivity contribution is 5.31. The van der Waals surface area contributed by atoms with Crippen molar-refractivity contribution >= 4 is 0 Å². The smallest absolute Gasteiger partial charge is 0.119 e. The molecule has 0 amide bonds. The molecule has 0 N–H and O–H groups in total. The Morgan fingerprint density at radius 2 is 1.73 bits per heavy atom. The van der Waals surface area contributed by atoms with Crippen molar-refractivity contribution < 1.29 is 9.47 Å². The fraction of sp³-hybridized carbons (Fsp3) is 0.667. The fourth-order valence-electron chi connectivity index (χ4n) is 3.40. The van der Waals surface area contributed by atoms with Gasteiger partial charge in [-0.25, -0.2) is 0 Å². The van der Waals surface area contributed by atoms with E-state index in [0.717, 1.165) is 43.7 Å². The van der Waals surface area contributed by atoms with Gasteiger partial charge < -0.3 is 9.47 Å². The summed E-state index contributed by atoms with van der Waals surface area (Å²) in [5.41, 5.74) is 0. The first-order valence-corrected chi connectivity index (χ1v) is 8.67. The van der Waals surface area contributed by atoms with E-state index in [1.807, 2.05) is 24.3 Å². The van der Waals surface area contributed by atoms with Crippen molar-refractivity contribution in [1.82, 2.24) is 9.80 Å². The molecule has 1 atom stereocenters. The van der Waals surface area contributed by atoms with E-state index in [1.54, 1.807) is 0 Å². The lowest BCUT2D eigenvalue weighted by Gasteiger charge is -2.37. The summed E-state index contributed by atoms with van der Waals surface area (Å²) in [5.74, 6) is 1.86. The van der Waals surface area contributed by atoms with Gasteiger partial charge in [0.25, 0.3) is 0 Å². The van der Waals surface area contributed by atoms with Gasteiger partial charge in [0.1, 0.15) is 18.1 Å². The van der Waals surface area contributed by atoms with Gasteiger partial charge in [0, 0.05) is 32.2 Å². The summed E-state index contributed by atoms with van der Waals surface area (Å²) in [6, 6.07) is 8.77. The van der Waals surface area contributed by atoms with Gasteiger partial charge in [0.15, 0.2) is 0 Å². The van der Waals surface area contributed by atoms with Crippen LogP contribution in [0, 0.1) is 0 Å². The Bertz CT molecular complexity index is 449. The van der Waals surface area contributed by atoms with Crippen LogP contribution in [0.2, 0.25) is 0 Å². The maximum Gasteiger partial charge on any atom is 0.119 e. The quantitative estimate of drug-likeness (QED) is 0.773. The van der Waals surface area contributed by atoms with Gasteiger partial charge in [0.2, 0.25) is 0 Å². The van der Waals surface area contributed by atoms with Crippen LogP contribution in [0.25, 0.3) is 0 Å². The normalized spacial score (nSPS) is 22.5. The van der Waals surface area contributed by atoms with Crippen molar-refractivity contribution in [1.29, 1.82) is 0 Å². The lowest BCUT2D eigenvalue weighted by atomic mass is 10.1. The lowest BCUT2D eigenvalue weighted by molar-refractivity contribution is 0.0923. The summed E-state index contributed by atoms with van der Waals surface area (Å²) in [5, 5.41) is 0. The molecule has 0 spiro atoms. The number of fused-ring (bicyclic) bond motifs is 1. The molecule has 2 aliphatic heterocycles. The van der Waals surface area contributed by atoms with Gasteiger partial charge in [-0.1, -0.05) is 6.92 Å². The van der Waals surface area contributed by atoms with Crippen LogP contribution in [0.1, 0.15) is 26.2 Å². The second-order valence-electron chi connectivity index (χ2n) is 6.30. The molecular formula is C18H28N2O2. The molecule has 0 aliphatic carbocycles. The van der Waals surface area contributed by atoms with Crippen molar-refractivity contribution in [3.8, 4) is 11.5 Å². The highest BCUT2D eigenvalue weighted by Crippen LogP contribution is 2.21. The Kier molecular flexibility index (Phi) is 5.57. The lowest BCUT2D eigenvalue weighted by Crippen LogP contribution is -2.50. The molecule has 2 aliphatic rings. The highest BCUT2D eigenvalue weighted by Gasteiger charge is 2.30. The van der Waals surface area contributed by atoms with Gasteiger partial charge in [-0.3, -0.25) is 9.80 Å². The number of rotatable bonds is 7. The number of ether oxygens (including phenoxy) is 2. The highest BCUT2D eigenvalue weighted by atomic mass is 16.5. The van der Waals surface area contributed by atoms with Gasteiger partial charge in [-0.05, 0) is 50.1 Å². The molecule has 1 aromatic carbocycles. The van der Waals surface area contributed by atoms with Gasteiger partial charge >= 0.3 is 0 Å². The fourth-order valence-corrected chi connectivity index (χ4v) is 3.40. The first-order chi connectivity index (χ1) is 10.8. The van der Waals surface area contributed by atoms with E-state index in [-0.39, 0.29) is 0 Å². The summed E-state index contributed by atoms with van der Waals surface area (Å²) < 4.78 is 11.5. The zero-order chi connectivity index (χ0) is 15.2. The predicted molar refractivity (Wildman–Crippen MR) is 88.8 cm³/mol. The minimum Gasteiger partial charge on any atom is -0.494 e. The third kappa shape index (κ3) is 4.14. The maximum atomic E-state index is 5.87. The van der Waals surface area contributed by atoms with Crippen molar-refractivity contribution in [2.75, 3.05) is 45.9 Å². The van der Waals surface area contributed by atoms with E-state index in [1.165, 1.54) is 39.0 Å². The van der Waals surface area contributed by atoms with E-state index in [4.69, 9.17) is 9.47 Å². The minimum absolute atomic E-state index is 0.766. The molecular weight excluding hydrogens is 276 g/mol. The van der Waals surface area contributed by atoms with Crippen LogP contribution < -0.4 is 9.47 Å². The third-order valence-corrected chi connectivity index (χ3v) is 4.64. The average molecular weight is 304 g/mol. The molecule has 0 radical (unpaired) electrons. The Labute approximate surface area is 134 Å². The second kappa shape index (κ2) is 7.84. The Hall–Kier alpha value is -1.26. The number of piperazine rings is 1. The van der Waals surface area contributed by atoms with E-state index in [2.05, 4.69) is 16.7 Å². The van der Waals surface area contributed by atoms with E-state index >= 15 is 0 Å². The monoisotopic (exact) mass is 304 g/mol. The molecule has 1 aromatic rings. The first-order valence-electron chi connectivity index (χ1n) is 8.67. The van der Waals surface area contributed by atoms with Gasteiger partial charge in [0.05, 0.1) is 6.61 Å². The van der Waals surface area contributed by atoms with Crippen LogP contribution in [-0.2, 0) is 0 Å². The second-order valence-corrected chi connectivity index (χ2v) is 6.30. The van der Waals surface area contributed by atoms with Crippen LogP contribution in [0.5, 0.6) is 11.5 Å². The maximum absolute atomic E-state index is 5.87. The van der Waals surface area contributed by atoms with Crippen LogP contribution in [0.15, 0.2) is 24.3 Å². The SMILES string of the molecule is CCCOc1ccc(OCCN2CCN3CCC[C@@H]3C2)cc1. The average Bonchev–Trinajstić information content (AvgIpc) is 3.02. The van der Waals surface area contributed by atoms with Gasteiger partial charge in [-0.15, -0.1) is 0 Å². The predicted octanol–water partition coefficient (Wildman–Crippen LogP) is 2.63. The van der Waals surface area contributed by atoms with E-state index in [0.29, 0.717) is 0 Å². The Balaban J connectivity index is 1.37. The summed E-state index contributed by atoms with van der Waals surface area (Å²) in [7, 11) is 0. The Morgan fingerprint density at radius 3 is 2.45 bits per heavy atom. The van der Waals surface area contributed by atoms with Crippen LogP contribution in [0.3, 0.4) is 0 Å². The molecule has 2 saturated heterocycles. The zero-order valence-corrected chi connectivity index (χ0v) is 13.7. The van der Waals surface area contributed by atoms with Crippen molar-refractivity contribution in [3.05, 3.63) is 24.3 Å². The molecule has 0 unspecified atom stereocenters. The largest absolute Gasteiger partial charge is 0.494 e. The van der Waals surface area contributed by atoms with Crippen molar-refractivity contribution in [2.45, 2.75) is 32.2 Å². The summed E-state index contributed by atoms with van der Waals surface area (Å²) in [4.78, 5) is 5.19. The summed E-state index contributed by atoms with van der Waals surface area (Å²) in [6.07, 6.45) is 3.78. The molecule has 0 saturated carbocycles. The Morgan fingerprint density at radius 1 is 1.00 bits per heavy atom. The van der Waals surface area contributed by atoms with Crippen molar-refractivity contribution in [2.24, 2.45) is 0 Å². The molecule has 2 heterocycles. The van der Waals surface area contributed by atoms with E-state index in [9.17, 15) is 0 Å². The van der Waals surface area contributed by atoms with E-state index < -0.39 is 0 Å². The van der Waals surface area contributed by atoms with Gasteiger partial charge in [-0.2, -0.15) is 0 Å². The molecule has 4 heteroatoms. The number of hydrogen-bond acceptors (Lipinski definition) is 4. The number of hydrogen-bond donors (Lipinski definition) is 0. The van der Waals surface area contributed by atoms with Crippen LogP contribution in [0.4, 0.5) is 0 Å². The molecule has 0 bridgehead atoms. The molecule has 3 rings (SSSR count). The molecule has 22 heavy (non-hydrogen) atoms. The van der Waals surface area contributed by atoms with Crippen molar-refractivity contribution in [3.63, 3.8) is 0 Å². The molecule has 2 fully saturated rings. The van der Waals surface area contributed by atoms with Crippen LogP contribution >= 0.6 is 0 Å². The van der Waals surface area contributed by atoms with Crippen LogP contribution in [-0.4, -0.2) is 61.8 Å². The topological polar surface area (TPSA) is 24.9 Å². The molecule has 4 nitrogen and oxygen atoms in total. The standard InChI is InChI=1S/C18H28N2O2/c1-2-13-21-17-5-7-18(8-6-17)22-14-12-19-10-11-20-9-3-4-16(20)15-19/h5-8,16H,2-4,9-15H2,1H3/t16-/m1/s1. The molecule has 122 valence electrons. The third-order valence-electron chi connectivity index (χ3n) is 4.64. The minimum atomic E-state index is 0.766.